The summed E-state index contributed by atoms with van der Waals surface area (Å²) in [5, 5.41) is 18.7. The predicted octanol–water partition coefficient (Wildman–Crippen LogP) is 1.57. The molecule has 2 aliphatic rings. The fourth-order valence-corrected chi connectivity index (χ4v) is 2.98. The van der Waals surface area contributed by atoms with E-state index in [1.165, 1.54) is 12.1 Å². The topological polar surface area (TPSA) is 90.2 Å². The number of rotatable bonds is 2. The first-order chi connectivity index (χ1) is 9.58. The van der Waals surface area contributed by atoms with Crippen LogP contribution >= 0.6 is 0 Å². The van der Waals surface area contributed by atoms with E-state index in [9.17, 15) is 15.0 Å². The Morgan fingerprint density at radius 1 is 1.35 bits per heavy atom. The van der Waals surface area contributed by atoms with E-state index >= 15 is 0 Å². The Morgan fingerprint density at radius 2 is 2.10 bits per heavy atom. The summed E-state index contributed by atoms with van der Waals surface area (Å²) in [6.07, 6.45) is 3.13. The molecule has 20 heavy (non-hydrogen) atoms. The van der Waals surface area contributed by atoms with Gasteiger partial charge in [-0.1, -0.05) is 0 Å². The van der Waals surface area contributed by atoms with Crippen molar-refractivity contribution < 1.29 is 29.3 Å². The van der Waals surface area contributed by atoms with Crippen molar-refractivity contribution in [3.63, 3.8) is 0 Å². The second-order valence-corrected chi connectivity index (χ2v) is 5.30. The van der Waals surface area contributed by atoms with Gasteiger partial charge in [0.2, 0.25) is 11.8 Å². The van der Waals surface area contributed by atoms with Crippen molar-refractivity contribution in [3.05, 3.63) is 12.1 Å². The van der Waals surface area contributed by atoms with Gasteiger partial charge in [0.25, 0.3) is 0 Å². The van der Waals surface area contributed by atoms with E-state index in [2.05, 4.69) is 0 Å². The van der Waals surface area contributed by atoms with Crippen LogP contribution in [-0.2, 0) is 9.47 Å². The molecule has 0 aromatic carbocycles. The number of nitrogens with zero attached hydrogens (tertiary/aromatic N) is 1. The lowest BCUT2D eigenvalue weighted by Gasteiger charge is -2.21. The Morgan fingerprint density at radius 3 is 2.75 bits per heavy atom. The minimum Gasteiger partial charge on any atom is -0.492 e. The Bertz CT molecular complexity index is 485. The summed E-state index contributed by atoms with van der Waals surface area (Å²) in [6.45, 7) is 0.766. The van der Waals surface area contributed by atoms with Crippen molar-refractivity contribution in [1.29, 1.82) is 0 Å². The van der Waals surface area contributed by atoms with Crippen molar-refractivity contribution >= 4 is 6.16 Å². The van der Waals surface area contributed by atoms with Gasteiger partial charge in [-0.25, -0.2) is 4.79 Å². The van der Waals surface area contributed by atoms with Crippen molar-refractivity contribution in [2.75, 3.05) is 6.61 Å². The van der Waals surface area contributed by atoms with Crippen LogP contribution in [0.15, 0.2) is 12.1 Å². The molecule has 1 aliphatic heterocycles. The maximum Gasteiger partial charge on any atom is 0.534 e. The van der Waals surface area contributed by atoms with Gasteiger partial charge in [-0.3, -0.25) is 4.84 Å². The van der Waals surface area contributed by atoms with Crippen LogP contribution < -0.4 is 4.84 Å². The molecule has 0 amide bonds. The molecule has 2 fully saturated rings. The molecule has 2 heterocycles. The number of hydrogen-bond donors (Lipinski definition) is 2. The summed E-state index contributed by atoms with van der Waals surface area (Å²) in [6, 6.07) is 2.42. The Labute approximate surface area is 115 Å². The Hall–Kier alpha value is -1.89. The van der Waals surface area contributed by atoms with E-state index in [1.807, 2.05) is 0 Å². The molecule has 1 spiro atoms. The van der Waals surface area contributed by atoms with Gasteiger partial charge >= 0.3 is 6.16 Å². The smallest absolute Gasteiger partial charge is 0.492 e. The molecule has 2 N–H and O–H groups in total. The Kier molecular flexibility index (Phi) is 3.21. The van der Waals surface area contributed by atoms with Crippen molar-refractivity contribution in [2.24, 2.45) is 0 Å². The van der Waals surface area contributed by atoms with Crippen LogP contribution in [0.1, 0.15) is 32.1 Å². The zero-order valence-electron chi connectivity index (χ0n) is 10.9. The van der Waals surface area contributed by atoms with Crippen LogP contribution in [0, 0.1) is 0 Å². The van der Waals surface area contributed by atoms with Crippen LogP contribution in [0.5, 0.6) is 11.8 Å². The summed E-state index contributed by atoms with van der Waals surface area (Å²) >= 11 is 0. The normalized spacial score (nSPS) is 28.9. The lowest BCUT2D eigenvalue weighted by atomic mass is 9.99. The highest BCUT2D eigenvalue weighted by Crippen LogP contribution is 2.42. The number of carbonyl (C=O) groups excluding carboxylic acids is 1. The average molecular weight is 283 g/mol. The largest absolute Gasteiger partial charge is 0.534 e. The third-order valence-corrected chi connectivity index (χ3v) is 3.93. The van der Waals surface area contributed by atoms with E-state index in [-0.39, 0.29) is 23.5 Å². The summed E-state index contributed by atoms with van der Waals surface area (Å²) < 4.78 is 11.5. The summed E-state index contributed by atoms with van der Waals surface area (Å²) in [5.74, 6) is -0.747. The van der Waals surface area contributed by atoms with Gasteiger partial charge < -0.3 is 19.7 Å². The first-order valence-corrected chi connectivity index (χ1v) is 6.71. The maximum absolute atomic E-state index is 11.6. The summed E-state index contributed by atoms with van der Waals surface area (Å²) in [7, 11) is 0. The molecular formula is C13H17NO6. The lowest BCUT2D eigenvalue weighted by Crippen LogP contribution is -2.28. The second-order valence-electron chi connectivity index (χ2n) is 5.30. The molecule has 110 valence electrons. The van der Waals surface area contributed by atoms with Crippen molar-refractivity contribution in [3.8, 4) is 11.8 Å². The number of ether oxygens (including phenoxy) is 2. The fourth-order valence-electron chi connectivity index (χ4n) is 2.98. The molecule has 1 saturated heterocycles. The standard InChI is InChI=1S/C13H17NO6/c15-10-2-3-11(16)14(10)20-12(17)19-9-4-6-13(8-9)5-1-7-18-13/h2-3,9,15-16H,1,4-8H2/t9-,13+/m1/s1. The molecule has 7 heteroatoms. The van der Waals surface area contributed by atoms with Crippen LogP contribution in [0.4, 0.5) is 4.79 Å². The van der Waals surface area contributed by atoms with Gasteiger partial charge in [0, 0.05) is 25.2 Å². The molecule has 2 atom stereocenters. The van der Waals surface area contributed by atoms with Gasteiger partial charge in [-0.2, -0.15) is 0 Å². The lowest BCUT2D eigenvalue weighted by molar-refractivity contribution is -0.0174. The average Bonchev–Trinajstić information content (AvgIpc) is 3.10. The first-order valence-electron chi connectivity index (χ1n) is 6.71. The highest BCUT2D eigenvalue weighted by Gasteiger charge is 2.44. The third-order valence-electron chi connectivity index (χ3n) is 3.93. The fraction of sp³-hybridized carbons (Fsp3) is 0.615. The van der Waals surface area contributed by atoms with Gasteiger partial charge in [-0.15, -0.1) is 4.73 Å². The molecule has 7 nitrogen and oxygen atoms in total. The summed E-state index contributed by atoms with van der Waals surface area (Å²) in [5.41, 5.74) is -0.136. The SMILES string of the molecule is O=C(O[C@@H]1CC[C@@]2(CCCO2)C1)On1c(O)ccc1O. The van der Waals surface area contributed by atoms with Gasteiger partial charge in [0.1, 0.15) is 6.10 Å². The minimum absolute atomic E-state index is 0.136. The highest BCUT2D eigenvalue weighted by molar-refractivity contribution is 5.61. The third kappa shape index (κ3) is 2.40. The monoisotopic (exact) mass is 283 g/mol. The molecule has 3 rings (SSSR count). The Balaban J connectivity index is 1.55. The van der Waals surface area contributed by atoms with E-state index in [1.54, 1.807) is 0 Å². The predicted molar refractivity (Wildman–Crippen MR) is 66.4 cm³/mol. The molecular weight excluding hydrogens is 266 g/mol. The van der Waals surface area contributed by atoms with E-state index in [4.69, 9.17) is 14.3 Å². The molecule has 0 radical (unpaired) electrons. The number of hydrogen-bond acceptors (Lipinski definition) is 6. The number of aromatic nitrogens is 1. The van der Waals surface area contributed by atoms with Crippen LogP contribution in [0.3, 0.4) is 0 Å². The van der Waals surface area contributed by atoms with Crippen LogP contribution in [0.25, 0.3) is 0 Å². The molecule has 1 saturated carbocycles. The van der Waals surface area contributed by atoms with Crippen LogP contribution in [0.2, 0.25) is 0 Å². The molecule has 1 aromatic rings. The van der Waals surface area contributed by atoms with Gasteiger partial charge in [0.15, 0.2) is 0 Å². The molecule has 1 aliphatic carbocycles. The van der Waals surface area contributed by atoms with E-state index in [0.717, 1.165) is 32.3 Å². The van der Waals surface area contributed by atoms with E-state index < -0.39 is 6.16 Å². The van der Waals surface area contributed by atoms with Crippen molar-refractivity contribution in [2.45, 2.75) is 43.8 Å². The maximum atomic E-state index is 11.6. The first kappa shape index (κ1) is 13.1. The zero-order chi connectivity index (χ0) is 14.2. The molecule has 1 aromatic heterocycles. The van der Waals surface area contributed by atoms with Crippen molar-refractivity contribution in [1.82, 2.24) is 4.73 Å². The van der Waals surface area contributed by atoms with Gasteiger partial charge in [-0.05, 0) is 25.7 Å². The molecule has 0 bridgehead atoms. The quantitative estimate of drug-likeness (QED) is 0.801. The van der Waals surface area contributed by atoms with Gasteiger partial charge in [0.05, 0.1) is 5.60 Å². The zero-order valence-corrected chi connectivity index (χ0v) is 10.9. The number of carbonyl (C=O) groups is 1. The number of aromatic hydroxyl groups is 2. The highest BCUT2D eigenvalue weighted by atomic mass is 16.8. The minimum atomic E-state index is -0.952. The summed E-state index contributed by atoms with van der Waals surface area (Å²) in [4.78, 5) is 16.4. The van der Waals surface area contributed by atoms with Crippen LogP contribution in [-0.4, -0.2) is 39.4 Å². The molecule has 0 unspecified atom stereocenters. The van der Waals surface area contributed by atoms with E-state index in [0.29, 0.717) is 11.2 Å². The second kappa shape index (κ2) is 4.90.